The molecule has 2 aliphatic rings. The van der Waals surface area contributed by atoms with Gasteiger partial charge in [-0.3, -0.25) is 9.59 Å². The van der Waals surface area contributed by atoms with Crippen LogP contribution in [-0.2, 0) is 20.9 Å². The largest absolute Gasteiger partial charge is 0.496 e. The Morgan fingerprint density at radius 1 is 1.24 bits per heavy atom. The highest BCUT2D eigenvalue weighted by molar-refractivity contribution is 5.86. The van der Waals surface area contributed by atoms with E-state index in [4.69, 9.17) is 9.47 Å². The molecule has 0 aromatic heterocycles. The van der Waals surface area contributed by atoms with Crippen LogP contribution in [0.15, 0.2) is 24.3 Å². The van der Waals surface area contributed by atoms with Crippen LogP contribution in [0.3, 0.4) is 0 Å². The molecule has 3 atom stereocenters. The summed E-state index contributed by atoms with van der Waals surface area (Å²) < 4.78 is 11.1. The molecule has 0 radical (unpaired) electrons. The van der Waals surface area contributed by atoms with Crippen molar-refractivity contribution in [3.05, 3.63) is 29.8 Å². The van der Waals surface area contributed by atoms with Crippen LogP contribution in [-0.4, -0.2) is 48.2 Å². The molecule has 1 saturated carbocycles. The van der Waals surface area contributed by atoms with Crippen LogP contribution >= 0.6 is 0 Å². The molecule has 1 aliphatic carbocycles. The van der Waals surface area contributed by atoms with Crippen molar-refractivity contribution in [1.82, 2.24) is 4.90 Å². The maximum atomic E-state index is 13.0. The predicted octanol–water partition coefficient (Wildman–Crippen LogP) is 2.31. The van der Waals surface area contributed by atoms with Gasteiger partial charge in [-0.05, 0) is 31.7 Å². The first-order chi connectivity index (χ1) is 12.1. The van der Waals surface area contributed by atoms with Crippen molar-refractivity contribution in [2.45, 2.75) is 38.3 Å². The van der Waals surface area contributed by atoms with Gasteiger partial charge in [-0.15, -0.1) is 0 Å². The second-order valence-corrected chi connectivity index (χ2v) is 6.79. The van der Waals surface area contributed by atoms with E-state index in [1.807, 2.05) is 24.3 Å². The third-order valence-electron chi connectivity index (χ3n) is 5.22. The summed E-state index contributed by atoms with van der Waals surface area (Å²) in [4.78, 5) is 26.1. The average molecular weight is 347 g/mol. The Morgan fingerprint density at radius 2 is 2.00 bits per heavy atom. The molecule has 2 fully saturated rings. The van der Waals surface area contributed by atoms with Gasteiger partial charge < -0.3 is 19.5 Å². The summed E-state index contributed by atoms with van der Waals surface area (Å²) in [6, 6.07) is 7.61. The van der Waals surface area contributed by atoms with Crippen molar-refractivity contribution in [1.29, 1.82) is 0 Å². The van der Waals surface area contributed by atoms with Crippen molar-refractivity contribution in [2.75, 3.05) is 20.3 Å². The van der Waals surface area contributed by atoms with E-state index < -0.39 is 17.8 Å². The number of ether oxygens (including phenoxy) is 2. The third kappa shape index (κ3) is 3.95. The van der Waals surface area contributed by atoms with Crippen LogP contribution in [0.4, 0.5) is 0 Å². The van der Waals surface area contributed by atoms with Crippen LogP contribution in [0.1, 0.15) is 31.2 Å². The summed E-state index contributed by atoms with van der Waals surface area (Å²) in [6.07, 6.45) is 3.19. The Labute approximate surface area is 147 Å². The highest BCUT2D eigenvalue weighted by Gasteiger charge is 2.43. The van der Waals surface area contributed by atoms with Crippen molar-refractivity contribution in [2.24, 2.45) is 11.8 Å². The summed E-state index contributed by atoms with van der Waals surface area (Å²) in [5.74, 6) is -1.21. The number of hydrogen-bond donors (Lipinski definition) is 1. The molecule has 1 aliphatic heterocycles. The summed E-state index contributed by atoms with van der Waals surface area (Å²) in [6.45, 7) is 1.63. The molecule has 1 aromatic carbocycles. The van der Waals surface area contributed by atoms with Crippen LogP contribution in [0.2, 0.25) is 0 Å². The number of amides is 1. The lowest BCUT2D eigenvalue weighted by Gasteiger charge is -2.37. The third-order valence-corrected chi connectivity index (χ3v) is 5.22. The van der Waals surface area contributed by atoms with Gasteiger partial charge in [-0.1, -0.05) is 18.2 Å². The zero-order chi connectivity index (χ0) is 17.8. The van der Waals surface area contributed by atoms with Crippen molar-refractivity contribution in [3.63, 3.8) is 0 Å². The molecule has 1 aromatic rings. The fraction of sp³-hybridized carbons (Fsp3) is 0.579. The molecule has 6 heteroatoms. The summed E-state index contributed by atoms with van der Waals surface area (Å²) >= 11 is 0. The van der Waals surface area contributed by atoms with Gasteiger partial charge in [-0.2, -0.15) is 0 Å². The predicted molar refractivity (Wildman–Crippen MR) is 91.2 cm³/mol. The second kappa shape index (κ2) is 7.87. The van der Waals surface area contributed by atoms with E-state index in [0.29, 0.717) is 25.9 Å². The number of para-hydroxylation sites is 1. The van der Waals surface area contributed by atoms with Crippen molar-refractivity contribution >= 4 is 11.9 Å². The number of aliphatic carboxylic acids is 1. The molecule has 3 rings (SSSR count). The Balaban J connectivity index is 1.76. The first kappa shape index (κ1) is 17.7. The first-order valence-electron chi connectivity index (χ1n) is 8.85. The minimum absolute atomic E-state index is 0.0296. The fourth-order valence-corrected chi connectivity index (χ4v) is 3.63. The zero-order valence-electron chi connectivity index (χ0n) is 14.5. The SMILES string of the molecule is COc1ccccc1CN(CC1CCCO1)C(=O)C1CCC1C(=O)O. The fourth-order valence-electron chi connectivity index (χ4n) is 3.63. The monoisotopic (exact) mass is 347 g/mol. The number of benzene rings is 1. The van der Waals surface area contributed by atoms with Gasteiger partial charge in [0.1, 0.15) is 5.75 Å². The maximum Gasteiger partial charge on any atom is 0.307 e. The number of rotatable bonds is 7. The van der Waals surface area contributed by atoms with Crippen molar-refractivity contribution in [3.8, 4) is 5.75 Å². The standard InChI is InChI=1S/C19H25NO5/c1-24-17-7-3-2-5-13(17)11-20(12-14-6-4-10-25-14)18(21)15-8-9-16(15)19(22)23/h2-3,5,7,14-16H,4,6,8-12H2,1H3,(H,22,23). The van der Waals surface area contributed by atoms with E-state index in [1.165, 1.54) is 0 Å². The zero-order valence-corrected chi connectivity index (χ0v) is 14.5. The lowest BCUT2D eigenvalue weighted by Crippen LogP contribution is -2.47. The van der Waals surface area contributed by atoms with E-state index >= 15 is 0 Å². The van der Waals surface area contributed by atoms with Crippen LogP contribution in [0.5, 0.6) is 5.75 Å². The Kier molecular flexibility index (Phi) is 5.58. The molecule has 1 N–H and O–H groups in total. The summed E-state index contributed by atoms with van der Waals surface area (Å²) in [7, 11) is 1.61. The first-order valence-corrected chi connectivity index (χ1v) is 8.85. The van der Waals surface area contributed by atoms with Crippen molar-refractivity contribution < 1.29 is 24.2 Å². The van der Waals surface area contributed by atoms with Gasteiger partial charge in [-0.25, -0.2) is 0 Å². The Morgan fingerprint density at radius 3 is 2.60 bits per heavy atom. The minimum Gasteiger partial charge on any atom is -0.496 e. The smallest absolute Gasteiger partial charge is 0.307 e. The highest BCUT2D eigenvalue weighted by atomic mass is 16.5. The molecule has 0 spiro atoms. The molecular weight excluding hydrogens is 322 g/mol. The quantitative estimate of drug-likeness (QED) is 0.819. The van der Waals surface area contributed by atoms with E-state index in [2.05, 4.69) is 0 Å². The highest BCUT2D eigenvalue weighted by Crippen LogP contribution is 2.36. The number of carbonyl (C=O) groups is 2. The molecule has 1 saturated heterocycles. The second-order valence-electron chi connectivity index (χ2n) is 6.79. The van der Waals surface area contributed by atoms with Gasteiger partial charge in [0.05, 0.1) is 25.0 Å². The topological polar surface area (TPSA) is 76.1 Å². The molecule has 0 bridgehead atoms. The van der Waals surface area contributed by atoms with Gasteiger partial charge in [0, 0.05) is 25.3 Å². The number of nitrogens with zero attached hydrogens (tertiary/aromatic N) is 1. The molecule has 6 nitrogen and oxygen atoms in total. The molecule has 1 heterocycles. The lowest BCUT2D eigenvalue weighted by molar-refractivity contribution is -0.157. The van der Waals surface area contributed by atoms with Crippen LogP contribution in [0.25, 0.3) is 0 Å². The molecule has 25 heavy (non-hydrogen) atoms. The Bertz CT molecular complexity index is 626. The normalized spacial score (nSPS) is 25.2. The summed E-state index contributed by atoms with van der Waals surface area (Å²) in [5.41, 5.74) is 0.919. The van der Waals surface area contributed by atoms with E-state index in [-0.39, 0.29) is 12.0 Å². The minimum atomic E-state index is -0.876. The van der Waals surface area contributed by atoms with E-state index in [0.717, 1.165) is 30.8 Å². The maximum absolute atomic E-state index is 13.0. The van der Waals surface area contributed by atoms with Crippen LogP contribution < -0.4 is 4.74 Å². The molecule has 136 valence electrons. The van der Waals surface area contributed by atoms with Gasteiger partial charge >= 0.3 is 5.97 Å². The van der Waals surface area contributed by atoms with Gasteiger partial charge in [0.15, 0.2) is 0 Å². The van der Waals surface area contributed by atoms with E-state index in [1.54, 1.807) is 12.0 Å². The molecule has 1 amide bonds. The Hall–Kier alpha value is -2.08. The number of hydrogen-bond acceptors (Lipinski definition) is 4. The van der Waals surface area contributed by atoms with E-state index in [9.17, 15) is 14.7 Å². The molecular formula is C19H25NO5. The number of carbonyl (C=O) groups excluding carboxylic acids is 1. The summed E-state index contributed by atoms with van der Waals surface area (Å²) in [5, 5.41) is 9.28. The van der Waals surface area contributed by atoms with Crippen LogP contribution in [0, 0.1) is 11.8 Å². The lowest BCUT2D eigenvalue weighted by atomic mass is 9.73. The van der Waals surface area contributed by atoms with Gasteiger partial charge in [0.25, 0.3) is 0 Å². The number of methoxy groups -OCH3 is 1. The average Bonchev–Trinajstić information content (AvgIpc) is 3.06. The molecule has 3 unspecified atom stereocenters. The number of carboxylic acid groups (broad SMARTS) is 1. The van der Waals surface area contributed by atoms with Gasteiger partial charge in [0.2, 0.25) is 5.91 Å². The number of carboxylic acids is 1.